The van der Waals surface area contributed by atoms with Crippen molar-refractivity contribution in [2.75, 3.05) is 6.61 Å². The van der Waals surface area contributed by atoms with Crippen molar-refractivity contribution in [1.82, 2.24) is 4.57 Å². The van der Waals surface area contributed by atoms with Crippen molar-refractivity contribution < 1.29 is 19.4 Å². The standard InChI is InChI=1S/C28H27NO4/c1-18-6-4-7-19(2)24(18)14-15-33-23-12-10-21(11-13-23)28(32)29-20(3)16-25-22(17-27(30)31)8-5-9-26(25)29/h4-13,16H,14-15,17H2,1-3H3,(H,30,31). The summed E-state index contributed by atoms with van der Waals surface area (Å²) in [6.45, 7) is 6.64. The van der Waals surface area contributed by atoms with Crippen molar-refractivity contribution >= 4 is 22.8 Å². The molecule has 0 fully saturated rings. The molecule has 0 unspecified atom stereocenters. The zero-order valence-corrected chi connectivity index (χ0v) is 19.1. The third kappa shape index (κ3) is 4.67. The lowest BCUT2D eigenvalue weighted by Gasteiger charge is -2.12. The lowest BCUT2D eigenvalue weighted by Crippen LogP contribution is -2.13. The Bertz CT molecular complexity index is 1310. The third-order valence-corrected chi connectivity index (χ3v) is 6.03. The topological polar surface area (TPSA) is 68.5 Å². The molecule has 1 N–H and O–H groups in total. The van der Waals surface area contributed by atoms with Crippen LogP contribution in [0.25, 0.3) is 10.9 Å². The van der Waals surface area contributed by atoms with E-state index in [1.165, 1.54) is 16.7 Å². The van der Waals surface area contributed by atoms with Gasteiger partial charge in [0.1, 0.15) is 5.75 Å². The van der Waals surface area contributed by atoms with Crippen molar-refractivity contribution in [2.45, 2.75) is 33.6 Å². The first-order chi connectivity index (χ1) is 15.8. The number of nitrogens with zero attached hydrogens (tertiary/aromatic N) is 1. The number of hydrogen-bond donors (Lipinski definition) is 1. The highest BCUT2D eigenvalue weighted by Gasteiger charge is 2.17. The minimum Gasteiger partial charge on any atom is -0.493 e. The number of aliphatic carboxylic acids is 1. The zero-order valence-electron chi connectivity index (χ0n) is 19.1. The SMILES string of the molecule is Cc1cccc(C)c1CCOc1ccc(C(=O)n2c(C)cc3c(CC(=O)O)cccc32)cc1. The van der Waals surface area contributed by atoms with Gasteiger partial charge in [-0.3, -0.25) is 14.2 Å². The molecular weight excluding hydrogens is 414 g/mol. The summed E-state index contributed by atoms with van der Waals surface area (Å²) in [4.78, 5) is 24.5. The number of carboxylic acids is 1. The van der Waals surface area contributed by atoms with Crippen molar-refractivity contribution in [3.63, 3.8) is 0 Å². The number of aromatic nitrogens is 1. The first-order valence-electron chi connectivity index (χ1n) is 11.0. The van der Waals surface area contributed by atoms with E-state index in [1.807, 2.05) is 31.2 Å². The summed E-state index contributed by atoms with van der Waals surface area (Å²) in [5.41, 5.74) is 6.55. The highest BCUT2D eigenvalue weighted by atomic mass is 16.5. The molecule has 0 saturated heterocycles. The Labute approximate surface area is 193 Å². The second kappa shape index (κ2) is 9.33. The van der Waals surface area contributed by atoms with E-state index in [1.54, 1.807) is 28.8 Å². The average Bonchev–Trinajstić information content (AvgIpc) is 3.12. The molecule has 5 heteroatoms. The largest absolute Gasteiger partial charge is 0.493 e. The van der Waals surface area contributed by atoms with Gasteiger partial charge in [-0.25, -0.2) is 0 Å². The van der Waals surface area contributed by atoms with E-state index in [4.69, 9.17) is 4.74 Å². The van der Waals surface area contributed by atoms with Crippen LogP contribution in [0.2, 0.25) is 0 Å². The maximum absolute atomic E-state index is 13.3. The van der Waals surface area contributed by atoms with Crippen LogP contribution in [0.4, 0.5) is 0 Å². The summed E-state index contributed by atoms with van der Waals surface area (Å²) in [7, 11) is 0. The maximum atomic E-state index is 13.3. The second-order valence-electron chi connectivity index (χ2n) is 8.34. The van der Waals surface area contributed by atoms with Gasteiger partial charge in [0.15, 0.2) is 0 Å². The van der Waals surface area contributed by atoms with Crippen molar-refractivity contribution in [1.29, 1.82) is 0 Å². The molecule has 1 aromatic heterocycles. The molecule has 0 spiro atoms. The van der Waals surface area contributed by atoms with Gasteiger partial charge in [0, 0.05) is 23.1 Å². The van der Waals surface area contributed by atoms with Gasteiger partial charge < -0.3 is 9.84 Å². The maximum Gasteiger partial charge on any atom is 0.307 e. The number of ether oxygens (including phenoxy) is 1. The van der Waals surface area contributed by atoms with E-state index in [0.29, 0.717) is 23.3 Å². The van der Waals surface area contributed by atoms with E-state index < -0.39 is 5.97 Å². The number of carboxylic acid groups (broad SMARTS) is 1. The molecule has 4 aromatic rings. The van der Waals surface area contributed by atoms with E-state index in [-0.39, 0.29) is 12.3 Å². The van der Waals surface area contributed by atoms with Gasteiger partial charge >= 0.3 is 5.97 Å². The quantitative estimate of drug-likeness (QED) is 0.411. The van der Waals surface area contributed by atoms with Gasteiger partial charge in [-0.1, -0.05) is 30.3 Å². The number of fused-ring (bicyclic) bond motifs is 1. The van der Waals surface area contributed by atoms with Gasteiger partial charge in [0.05, 0.1) is 18.5 Å². The van der Waals surface area contributed by atoms with Gasteiger partial charge in [-0.2, -0.15) is 0 Å². The predicted molar refractivity (Wildman–Crippen MR) is 129 cm³/mol. The number of rotatable bonds is 7. The molecular formula is C28H27NO4. The van der Waals surface area contributed by atoms with E-state index in [0.717, 1.165) is 23.3 Å². The minimum absolute atomic E-state index is 0.0803. The third-order valence-electron chi connectivity index (χ3n) is 6.03. The fourth-order valence-corrected chi connectivity index (χ4v) is 4.35. The summed E-state index contributed by atoms with van der Waals surface area (Å²) < 4.78 is 7.55. The van der Waals surface area contributed by atoms with Crippen LogP contribution in [-0.4, -0.2) is 28.2 Å². The molecule has 0 amide bonds. The van der Waals surface area contributed by atoms with Gasteiger partial charge in [-0.05, 0) is 79.4 Å². The molecule has 4 rings (SSSR count). The van der Waals surface area contributed by atoms with Crippen LogP contribution in [0.3, 0.4) is 0 Å². The molecule has 0 saturated carbocycles. The van der Waals surface area contributed by atoms with Crippen LogP contribution in [-0.2, 0) is 17.6 Å². The molecule has 0 aliphatic carbocycles. The fourth-order valence-electron chi connectivity index (χ4n) is 4.35. The Morgan fingerprint density at radius 3 is 2.24 bits per heavy atom. The molecule has 5 nitrogen and oxygen atoms in total. The van der Waals surface area contributed by atoms with E-state index in [2.05, 4.69) is 32.0 Å². The molecule has 0 radical (unpaired) electrons. The lowest BCUT2D eigenvalue weighted by molar-refractivity contribution is -0.136. The molecule has 168 valence electrons. The van der Waals surface area contributed by atoms with Crippen LogP contribution in [0, 0.1) is 20.8 Å². The zero-order chi connectivity index (χ0) is 23.5. The lowest BCUT2D eigenvalue weighted by atomic mass is 10.0. The van der Waals surface area contributed by atoms with Crippen molar-refractivity contribution in [2.24, 2.45) is 0 Å². The Morgan fingerprint density at radius 1 is 0.909 bits per heavy atom. The molecule has 3 aromatic carbocycles. The highest BCUT2D eigenvalue weighted by molar-refractivity contribution is 6.04. The first kappa shape index (κ1) is 22.3. The molecule has 0 atom stereocenters. The van der Waals surface area contributed by atoms with E-state index in [9.17, 15) is 14.7 Å². The summed E-state index contributed by atoms with van der Waals surface area (Å²) in [5.74, 6) is -0.333. The Hall–Kier alpha value is -3.86. The molecule has 0 aliphatic rings. The van der Waals surface area contributed by atoms with Gasteiger partial charge in [0.25, 0.3) is 5.91 Å². The Kier molecular flexibility index (Phi) is 6.31. The van der Waals surface area contributed by atoms with Crippen molar-refractivity contribution in [3.05, 3.63) is 100 Å². The number of carbonyl (C=O) groups is 2. The number of carbonyl (C=O) groups excluding carboxylic acids is 1. The van der Waals surface area contributed by atoms with Crippen LogP contribution in [0.15, 0.2) is 66.7 Å². The summed E-state index contributed by atoms with van der Waals surface area (Å²) in [6, 6.07) is 20.7. The van der Waals surface area contributed by atoms with Crippen LogP contribution in [0.5, 0.6) is 5.75 Å². The summed E-state index contributed by atoms with van der Waals surface area (Å²) >= 11 is 0. The minimum atomic E-state index is -0.896. The van der Waals surface area contributed by atoms with Crippen LogP contribution < -0.4 is 4.74 Å². The average molecular weight is 442 g/mol. The highest BCUT2D eigenvalue weighted by Crippen LogP contribution is 2.25. The number of benzene rings is 3. The van der Waals surface area contributed by atoms with E-state index >= 15 is 0 Å². The fraction of sp³-hybridized carbons (Fsp3) is 0.214. The predicted octanol–water partition coefficient (Wildman–Crippen LogP) is 5.50. The Balaban J connectivity index is 1.50. The number of aryl methyl sites for hydroxylation is 3. The Morgan fingerprint density at radius 2 is 1.58 bits per heavy atom. The smallest absolute Gasteiger partial charge is 0.307 e. The number of hydrogen-bond acceptors (Lipinski definition) is 3. The molecule has 33 heavy (non-hydrogen) atoms. The normalized spacial score (nSPS) is 11.0. The van der Waals surface area contributed by atoms with Crippen LogP contribution >= 0.6 is 0 Å². The van der Waals surface area contributed by atoms with Gasteiger partial charge in [-0.15, -0.1) is 0 Å². The first-order valence-corrected chi connectivity index (χ1v) is 11.0. The molecule has 0 aliphatic heterocycles. The second-order valence-corrected chi connectivity index (χ2v) is 8.34. The summed E-state index contributed by atoms with van der Waals surface area (Å²) in [5, 5.41) is 9.97. The van der Waals surface area contributed by atoms with Crippen LogP contribution in [0.1, 0.15) is 38.3 Å². The van der Waals surface area contributed by atoms with Crippen molar-refractivity contribution in [3.8, 4) is 5.75 Å². The molecule has 1 heterocycles. The van der Waals surface area contributed by atoms with Gasteiger partial charge in [0.2, 0.25) is 0 Å². The molecule has 0 bridgehead atoms. The monoisotopic (exact) mass is 441 g/mol. The summed E-state index contributed by atoms with van der Waals surface area (Å²) in [6.07, 6.45) is 0.746.